The van der Waals surface area contributed by atoms with Crippen LogP contribution in [-0.4, -0.2) is 23.9 Å². The van der Waals surface area contributed by atoms with E-state index in [0.29, 0.717) is 12.1 Å². The first-order valence-corrected chi connectivity index (χ1v) is 8.67. The molecule has 1 heterocycles. The second-order valence-electron chi connectivity index (χ2n) is 6.19. The van der Waals surface area contributed by atoms with Crippen molar-refractivity contribution < 1.29 is 9.72 Å². The van der Waals surface area contributed by atoms with Gasteiger partial charge in [0, 0.05) is 37.5 Å². The number of carbonyl (C=O) groups excluding carboxylic acids is 1. The second-order valence-corrected chi connectivity index (χ2v) is 6.19. The number of rotatable bonds is 6. The van der Waals surface area contributed by atoms with Gasteiger partial charge in [-0.3, -0.25) is 14.9 Å². The van der Waals surface area contributed by atoms with E-state index in [9.17, 15) is 14.9 Å². The molecule has 1 aliphatic rings. The van der Waals surface area contributed by atoms with Gasteiger partial charge in [0.15, 0.2) is 0 Å². The molecule has 134 valence electrons. The normalized spacial score (nSPS) is 13.9. The summed E-state index contributed by atoms with van der Waals surface area (Å²) in [6.07, 6.45) is 5.19. The number of benzene rings is 2. The summed E-state index contributed by atoms with van der Waals surface area (Å²) in [6, 6.07) is 14.4. The van der Waals surface area contributed by atoms with E-state index < -0.39 is 4.92 Å². The van der Waals surface area contributed by atoms with Crippen molar-refractivity contribution >= 4 is 23.4 Å². The summed E-state index contributed by atoms with van der Waals surface area (Å²) in [5.41, 5.74) is 2.62. The molecular formula is C20H21N3O3. The van der Waals surface area contributed by atoms with Crippen LogP contribution in [0.4, 0.5) is 11.4 Å². The van der Waals surface area contributed by atoms with Gasteiger partial charge in [0.1, 0.15) is 0 Å². The third-order valence-electron chi connectivity index (χ3n) is 4.44. The van der Waals surface area contributed by atoms with Crippen LogP contribution in [-0.2, 0) is 11.3 Å². The molecule has 2 aromatic carbocycles. The minimum absolute atomic E-state index is 0.0177. The Morgan fingerprint density at radius 1 is 1.12 bits per heavy atom. The second kappa shape index (κ2) is 8.29. The van der Waals surface area contributed by atoms with Gasteiger partial charge in [-0.1, -0.05) is 30.3 Å². The van der Waals surface area contributed by atoms with Crippen LogP contribution in [0.1, 0.15) is 24.0 Å². The number of carbonyl (C=O) groups is 1. The number of para-hydroxylation sites is 2. The zero-order valence-electron chi connectivity index (χ0n) is 14.4. The molecule has 1 saturated heterocycles. The predicted octanol–water partition coefficient (Wildman–Crippen LogP) is 3.52. The van der Waals surface area contributed by atoms with Gasteiger partial charge in [-0.25, -0.2) is 0 Å². The fourth-order valence-electron chi connectivity index (χ4n) is 3.13. The Hall–Kier alpha value is -3.15. The van der Waals surface area contributed by atoms with Gasteiger partial charge in [0.25, 0.3) is 5.69 Å². The SMILES string of the molecule is O=C(/C=C/c1ccccc1[N+](=O)[O-])NCc1ccccc1N1CCCC1. The van der Waals surface area contributed by atoms with Gasteiger partial charge in [-0.05, 0) is 36.6 Å². The van der Waals surface area contributed by atoms with Gasteiger partial charge in [-0.2, -0.15) is 0 Å². The Labute approximate surface area is 152 Å². The van der Waals surface area contributed by atoms with Gasteiger partial charge in [-0.15, -0.1) is 0 Å². The summed E-state index contributed by atoms with van der Waals surface area (Å²) in [7, 11) is 0. The highest BCUT2D eigenvalue weighted by molar-refractivity contribution is 5.92. The van der Waals surface area contributed by atoms with Crippen LogP contribution < -0.4 is 10.2 Å². The quantitative estimate of drug-likeness (QED) is 0.491. The molecule has 0 radical (unpaired) electrons. The summed E-state index contributed by atoms with van der Waals surface area (Å²) in [6.45, 7) is 2.51. The van der Waals surface area contributed by atoms with Crippen molar-refractivity contribution in [1.82, 2.24) is 5.32 Å². The zero-order chi connectivity index (χ0) is 18.4. The lowest BCUT2D eigenvalue weighted by atomic mass is 10.1. The molecule has 0 aromatic heterocycles. The predicted molar refractivity (Wildman–Crippen MR) is 102 cm³/mol. The third-order valence-corrected chi connectivity index (χ3v) is 4.44. The summed E-state index contributed by atoms with van der Waals surface area (Å²) >= 11 is 0. The molecule has 1 fully saturated rings. The van der Waals surface area contributed by atoms with Crippen LogP contribution in [0.2, 0.25) is 0 Å². The number of amides is 1. The topological polar surface area (TPSA) is 75.5 Å². The van der Waals surface area contributed by atoms with Crippen LogP contribution in [0.25, 0.3) is 6.08 Å². The Bertz CT molecular complexity index is 827. The van der Waals surface area contributed by atoms with Crippen molar-refractivity contribution in [3.8, 4) is 0 Å². The minimum Gasteiger partial charge on any atom is -0.371 e. The number of nitro benzene ring substituents is 1. The van der Waals surface area contributed by atoms with E-state index in [0.717, 1.165) is 24.3 Å². The summed E-state index contributed by atoms with van der Waals surface area (Å²) < 4.78 is 0. The standard InChI is InChI=1S/C20H21N3O3/c24-20(12-11-16-7-1-4-10-19(16)23(25)26)21-15-17-8-2-3-9-18(17)22-13-5-6-14-22/h1-4,7-12H,5-6,13-15H2,(H,21,24)/b12-11+. The molecule has 26 heavy (non-hydrogen) atoms. The molecule has 0 atom stereocenters. The molecule has 0 saturated carbocycles. The smallest absolute Gasteiger partial charge is 0.276 e. The lowest BCUT2D eigenvalue weighted by Gasteiger charge is -2.21. The van der Waals surface area contributed by atoms with E-state index in [1.807, 2.05) is 18.2 Å². The van der Waals surface area contributed by atoms with Crippen LogP contribution in [0, 0.1) is 10.1 Å². The van der Waals surface area contributed by atoms with Crippen molar-refractivity contribution in [2.24, 2.45) is 0 Å². The first-order valence-electron chi connectivity index (χ1n) is 8.67. The molecule has 0 unspecified atom stereocenters. The van der Waals surface area contributed by atoms with Crippen LogP contribution >= 0.6 is 0 Å². The molecule has 6 heteroatoms. The molecule has 3 rings (SSSR count). The Kier molecular flexibility index (Phi) is 5.63. The number of hydrogen-bond donors (Lipinski definition) is 1. The first kappa shape index (κ1) is 17.7. The maximum atomic E-state index is 12.1. The molecule has 0 spiro atoms. The molecule has 1 amide bonds. The molecule has 2 aromatic rings. The average molecular weight is 351 g/mol. The van der Waals surface area contributed by atoms with Crippen molar-refractivity contribution in [2.45, 2.75) is 19.4 Å². The zero-order valence-corrected chi connectivity index (χ0v) is 14.4. The molecule has 6 nitrogen and oxygen atoms in total. The highest BCUT2D eigenvalue weighted by atomic mass is 16.6. The summed E-state index contributed by atoms with van der Waals surface area (Å²) in [5, 5.41) is 13.9. The van der Waals surface area contributed by atoms with Gasteiger partial charge < -0.3 is 10.2 Å². The first-order chi connectivity index (χ1) is 12.6. The lowest BCUT2D eigenvalue weighted by molar-refractivity contribution is -0.385. The average Bonchev–Trinajstić information content (AvgIpc) is 3.19. The highest BCUT2D eigenvalue weighted by Gasteiger charge is 2.15. The largest absolute Gasteiger partial charge is 0.371 e. The van der Waals surface area contributed by atoms with E-state index >= 15 is 0 Å². The van der Waals surface area contributed by atoms with Gasteiger partial charge >= 0.3 is 0 Å². The number of nitro groups is 1. The molecule has 1 N–H and O–H groups in total. The van der Waals surface area contributed by atoms with E-state index in [1.54, 1.807) is 18.2 Å². The number of nitrogens with zero attached hydrogens (tertiary/aromatic N) is 2. The van der Waals surface area contributed by atoms with Crippen LogP contribution in [0.3, 0.4) is 0 Å². The maximum absolute atomic E-state index is 12.1. The third kappa shape index (κ3) is 4.27. The van der Waals surface area contributed by atoms with Crippen LogP contribution in [0.5, 0.6) is 0 Å². The van der Waals surface area contributed by atoms with Gasteiger partial charge in [0.05, 0.1) is 10.5 Å². The van der Waals surface area contributed by atoms with E-state index in [2.05, 4.69) is 16.3 Å². The van der Waals surface area contributed by atoms with Crippen molar-refractivity contribution in [1.29, 1.82) is 0 Å². The van der Waals surface area contributed by atoms with Crippen molar-refractivity contribution in [3.05, 3.63) is 75.8 Å². The molecule has 1 aliphatic heterocycles. The van der Waals surface area contributed by atoms with E-state index in [4.69, 9.17) is 0 Å². The number of anilines is 1. The Morgan fingerprint density at radius 3 is 2.58 bits per heavy atom. The van der Waals surface area contributed by atoms with Gasteiger partial charge in [0.2, 0.25) is 5.91 Å². The lowest BCUT2D eigenvalue weighted by Crippen LogP contribution is -2.24. The van der Waals surface area contributed by atoms with Crippen molar-refractivity contribution in [2.75, 3.05) is 18.0 Å². The minimum atomic E-state index is -0.454. The summed E-state index contributed by atoms with van der Waals surface area (Å²) in [4.78, 5) is 25.0. The highest BCUT2D eigenvalue weighted by Crippen LogP contribution is 2.24. The maximum Gasteiger partial charge on any atom is 0.276 e. The fourth-order valence-corrected chi connectivity index (χ4v) is 3.13. The fraction of sp³-hybridized carbons (Fsp3) is 0.250. The number of hydrogen-bond acceptors (Lipinski definition) is 4. The molecule has 0 aliphatic carbocycles. The summed E-state index contributed by atoms with van der Waals surface area (Å²) in [5.74, 6) is -0.278. The van der Waals surface area contributed by atoms with Crippen LogP contribution in [0.15, 0.2) is 54.6 Å². The van der Waals surface area contributed by atoms with E-state index in [1.165, 1.54) is 31.1 Å². The molecular weight excluding hydrogens is 330 g/mol. The van der Waals surface area contributed by atoms with Crippen molar-refractivity contribution in [3.63, 3.8) is 0 Å². The number of nitrogens with one attached hydrogen (secondary N) is 1. The Morgan fingerprint density at radius 2 is 1.81 bits per heavy atom. The monoisotopic (exact) mass is 351 g/mol. The Balaban J connectivity index is 1.64. The van der Waals surface area contributed by atoms with E-state index in [-0.39, 0.29) is 11.6 Å². The molecule has 0 bridgehead atoms.